The molecule has 0 aliphatic heterocycles. The molecule has 2 heterocycles. The van der Waals surface area contributed by atoms with Crippen molar-refractivity contribution in [1.82, 2.24) is 19.1 Å². The number of nitrogens with one attached hydrogen (secondary N) is 1. The molecule has 1 aliphatic carbocycles. The first kappa shape index (κ1) is 24.2. The number of nitrogens with zero attached hydrogens (tertiary/aromatic N) is 4. The molecule has 10 heteroatoms. The van der Waals surface area contributed by atoms with Gasteiger partial charge in [-0.25, -0.2) is 19.1 Å². The molecule has 0 spiro atoms. The van der Waals surface area contributed by atoms with Gasteiger partial charge < -0.3 is 15.8 Å². The number of hydrogen-bond acceptors (Lipinski definition) is 7. The third-order valence-electron chi connectivity index (χ3n) is 6.35. The van der Waals surface area contributed by atoms with Crippen molar-refractivity contribution in [2.45, 2.75) is 52.6 Å². The van der Waals surface area contributed by atoms with Crippen LogP contribution in [0.3, 0.4) is 0 Å². The van der Waals surface area contributed by atoms with Gasteiger partial charge in [-0.3, -0.25) is 9.36 Å². The Balaban J connectivity index is 1.55. The Hall–Kier alpha value is -3.95. The molecular weight excluding hydrogens is 448 g/mol. The lowest BCUT2D eigenvalue weighted by molar-refractivity contribution is 0.0995. The summed E-state index contributed by atoms with van der Waals surface area (Å²) in [6.07, 6.45) is 4.38. The van der Waals surface area contributed by atoms with Gasteiger partial charge in [0, 0.05) is 24.8 Å². The van der Waals surface area contributed by atoms with Crippen molar-refractivity contribution < 1.29 is 9.53 Å². The third-order valence-corrected chi connectivity index (χ3v) is 6.35. The molecule has 3 N–H and O–H groups in total. The Bertz CT molecular complexity index is 1310. The zero-order valence-electron chi connectivity index (χ0n) is 19.9. The minimum atomic E-state index is -0.638. The van der Waals surface area contributed by atoms with Crippen LogP contribution in [-0.2, 0) is 13.1 Å². The van der Waals surface area contributed by atoms with E-state index >= 15 is 0 Å². The van der Waals surface area contributed by atoms with E-state index in [1.165, 1.54) is 6.07 Å². The monoisotopic (exact) mass is 478 g/mol. The summed E-state index contributed by atoms with van der Waals surface area (Å²) < 4.78 is 8.44. The van der Waals surface area contributed by atoms with Crippen LogP contribution < -0.4 is 27.2 Å². The van der Waals surface area contributed by atoms with E-state index in [9.17, 15) is 14.4 Å². The van der Waals surface area contributed by atoms with Crippen molar-refractivity contribution in [3.05, 3.63) is 69.1 Å². The van der Waals surface area contributed by atoms with Crippen LogP contribution in [0.15, 0.2) is 52.1 Å². The molecule has 0 radical (unpaired) electrons. The topological polar surface area (TPSA) is 134 Å². The SMILES string of the molecule is CCn1c(=O)nc(Nc2ccc(Oc3cccc(C(N)=O)n3)cc2)n(CC2CCC(C)CC2)c1=O. The lowest BCUT2D eigenvalue weighted by atomic mass is 9.83. The Labute approximate surface area is 202 Å². The summed E-state index contributed by atoms with van der Waals surface area (Å²) in [5.74, 6) is 1.40. The fourth-order valence-corrected chi connectivity index (χ4v) is 4.29. The number of amides is 1. The van der Waals surface area contributed by atoms with Crippen LogP contribution in [0.25, 0.3) is 0 Å². The number of pyridine rings is 1. The predicted octanol–water partition coefficient (Wildman–Crippen LogP) is 3.28. The fourth-order valence-electron chi connectivity index (χ4n) is 4.29. The van der Waals surface area contributed by atoms with Gasteiger partial charge in [0.1, 0.15) is 11.4 Å². The second-order valence-corrected chi connectivity index (χ2v) is 8.96. The number of nitrogens with two attached hydrogens (primary N) is 1. The second-order valence-electron chi connectivity index (χ2n) is 8.96. The van der Waals surface area contributed by atoms with Crippen molar-refractivity contribution in [3.8, 4) is 11.6 Å². The van der Waals surface area contributed by atoms with Crippen molar-refractivity contribution >= 4 is 17.5 Å². The molecule has 184 valence electrons. The molecule has 35 heavy (non-hydrogen) atoms. The lowest BCUT2D eigenvalue weighted by Crippen LogP contribution is -2.43. The van der Waals surface area contributed by atoms with Crippen LogP contribution in [-0.4, -0.2) is 25.0 Å². The van der Waals surface area contributed by atoms with Gasteiger partial charge in [0.15, 0.2) is 0 Å². The van der Waals surface area contributed by atoms with E-state index < -0.39 is 11.6 Å². The van der Waals surface area contributed by atoms with Crippen LogP contribution in [0.2, 0.25) is 0 Å². The molecule has 0 bridgehead atoms. The Kier molecular flexibility index (Phi) is 7.28. The number of primary amides is 1. The summed E-state index contributed by atoms with van der Waals surface area (Å²) in [6.45, 7) is 4.80. The summed E-state index contributed by atoms with van der Waals surface area (Å²) in [6, 6.07) is 11.7. The standard InChI is InChI=1S/C25H30N6O4/c1-3-30-24(33)29-23(31(25(30)34)15-17-9-7-16(2)8-10-17)27-18-11-13-19(14-12-18)35-21-6-4-5-20(28-21)22(26)32/h4-6,11-14,16-17H,3,7-10,15H2,1-2H3,(H2,26,32)(H,27,29,33). The first-order chi connectivity index (χ1) is 16.8. The molecule has 0 saturated heterocycles. The molecule has 0 unspecified atom stereocenters. The fraction of sp³-hybridized carbons (Fsp3) is 0.400. The molecule has 1 fully saturated rings. The minimum absolute atomic E-state index is 0.110. The maximum atomic E-state index is 13.1. The maximum Gasteiger partial charge on any atom is 0.354 e. The van der Waals surface area contributed by atoms with Crippen molar-refractivity contribution in [2.75, 3.05) is 5.32 Å². The van der Waals surface area contributed by atoms with E-state index in [4.69, 9.17) is 10.5 Å². The van der Waals surface area contributed by atoms with Gasteiger partial charge in [0.2, 0.25) is 11.8 Å². The van der Waals surface area contributed by atoms with Crippen LogP contribution in [0.1, 0.15) is 50.0 Å². The number of carbonyl (C=O) groups is 1. The van der Waals surface area contributed by atoms with Gasteiger partial charge in [-0.2, -0.15) is 4.98 Å². The normalized spacial score (nSPS) is 17.7. The number of rotatable bonds is 8. The highest BCUT2D eigenvalue weighted by molar-refractivity contribution is 5.90. The quantitative estimate of drug-likeness (QED) is 0.507. The van der Waals surface area contributed by atoms with Gasteiger partial charge >= 0.3 is 11.4 Å². The Morgan fingerprint density at radius 1 is 1.06 bits per heavy atom. The highest BCUT2D eigenvalue weighted by atomic mass is 16.5. The molecule has 1 aliphatic rings. The molecule has 1 aromatic carbocycles. The summed E-state index contributed by atoms with van der Waals surface area (Å²) in [7, 11) is 0. The van der Waals surface area contributed by atoms with Gasteiger partial charge in [0.25, 0.3) is 5.91 Å². The van der Waals surface area contributed by atoms with E-state index in [0.717, 1.165) is 30.3 Å². The van der Waals surface area contributed by atoms with E-state index in [0.29, 0.717) is 29.8 Å². The van der Waals surface area contributed by atoms with Gasteiger partial charge in [-0.05, 0) is 61.9 Å². The highest BCUT2D eigenvalue weighted by Crippen LogP contribution is 2.30. The molecule has 3 aromatic rings. The smallest absolute Gasteiger partial charge is 0.354 e. The van der Waals surface area contributed by atoms with Gasteiger partial charge in [0.05, 0.1) is 0 Å². The average Bonchev–Trinajstić information content (AvgIpc) is 2.84. The molecular formula is C25H30N6O4. The highest BCUT2D eigenvalue weighted by Gasteiger charge is 2.22. The Morgan fingerprint density at radius 2 is 1.77 bits per heavy atom. The zero-order valence-corrected chi connectivity index (χ0v) is 19.9. The molecule has 10 nitrogen and oxygen atoms in total. The number of hydrogen-bond donors (Lipinski definition) is 2. The number of aromatic nitrogens is 4. The zero-order chi connectivity index (χ0) is 24.9. The summed E-state index contributed by atoms with van der Waals surface area (Å²) in [5, 5.41) is 3.13. The van der Waals surface area contributed by atoms with E-state index in [1.54, 1.807) is 47.9 Å². The summed E-state index contributed by atoms with van der Waals surface area (Å²) in [4.78, 5) is 45.1. The number of anilines is 2. The molecule has 2 aromatic heterocycles. The van der Waals surface area contributed by atoms with Crippen molar-refractivity contribution in [3.63, 3.8) is 0 Å². The predicted molar refractivity (Wildman–Crippen MR) is 132 cm³/mol. The first-order valence-electron chi connectivity index (χ1n) is 11.9. The van der Waals surface area contributed by atoms with Crippen LogP contribution >= 0.6 is 0 Å². The Morgan fingerprint density at radius 3 is 2.43 bits per heavy atom. The van der Waals surface area contributed by atoms with E-state index in [1.807, 2.05) is 0 Å². The number of benzene rings is 1. The van der Waals surface area contributed by atoms with Crippen molar-refractivity contribution in [2.24, 2.45) is 17.6 Å². The summed E-state index contributed by atoms with van der Waals surface area (Å²) >= 11 is 0. The maximum absolute atomic E-state index is 13.1. The van der Waals surface area contributed by atoms with Crippen LogP contribution in [0.5, 0.6) is 11.6 Å². The van der Waals surface area contributed by atoms with Crippen LogP contribution in [0, 0.1) is 11.8 Å². The molecule has 1 saturated carbocycles. The largest absolute Gasteiger partial charge is 0.439 e. The van der Waals surface area contributed by atoms with Crippen LogP contribution in [0.4, 0.5) is 11.6 Å². The second kappa shape index (κ2) is 10.5. The molecule has 0 atom stereocenters. The average molecular weight is 479 g/mol. The van der Waals surface area contributed by atoms with E-state index in [-0.39, 0.29) is 29.8 Å². The minimum Gasteiger partial charge on any atom is -0.439 e. The first-order valence-corrected chi connectivity index (χ1v) is 11.9. The van der Waals surface area contributed by atoms with Gasteiger partial charge in [-0.1, -0.05) is 25.8 Å². The van der Waals surface area contributed by atoms with Crippen molar-refractivity contribution in [1.29, 1.82) is 0 Å². The molecule has 4 rings (SSSR count). The molecule has 1 amide bonds. The third kappa shape index (κ3) is 5.76. The number of carbonyl (C=O) groups excluding carboxylic acids is 1. The lowest BCUT2D eigenvalue weighted by Gasteiger charge is -2.27. The number of ether oxygens (including phenoxy) is 1. The van der Waals surface area contributed by atoms with E-state index in [2.05, 4.69) is 22.2 Å². The van der Waals surface area contributed by atoms with Gasteiger partial charge in [-0.15, -0.1) is 0 Å². The summed E-state index contributed by atoms with van der Waals surface area (Å²) in [5.41, 5.74) is 5.09.